The van der Waals surface area contributed by atoms with E-state index in [0.717, 1.165) is 0 Å². The number of nitrogens with one attached hydrogen (secondary N) is 2. The zero-order chi connectivity index (χ0) is 19.2. The molecule has 0 atom stereocenters. The largest absolute Gasteiger partial charge is 0.475 e. The summed E-state index contributed by atoms with van der Waals surface area (Å²) in [6.07, 6.45) is -0.767. The Balaban J connectivity index is 2.67. The van der Waals surface area contributed by atoms with Crippen molar-refractivity contribution < 1.29 is 29.0 Å². The summed E-state index contributed by atoms with van der Waals surface area (Å²) in [7, 11) is 0. The van der Waals surface area contributed by atoms with Crippen LogP contribution in [0.4, 0.5) is 10.5 Å². The average molecular weight is 371 g/mol. The molecule has 0 bridgehead atoms. The van der Waals surface area contributed by atoms with Crippen LogP contribution in [0.25, 0.3) is 0 Å². The zero-order valence-corrected chi connectivity index (χ0v) is 14.8. The van der Waals surface area contributed by atoms with Gasteiger partial charge in [-0.1, -0.05) is 17.7 Å². The molecule has 0 aliphatic rings. The van der Waals surface area contributed by atoms with Gasteiger partial charge in [0.25, 0.3) is 5.78 Å². The summed E-state index contributed by atoms with van der Waals surface area (Å²) in [4.78, 5) is 46.0. The van der Waals surface area contributed by atoms with Gasteiger partial charge >= 0.3 is 12.1 Å². The lowest BCUT2D eigenvalue weighted by molar-refractivity contribution is -0.131. The van der Waals surface area contributed by atoms with E-state index in [1.54, 1.807) is 20.8 Å². The molecule has 0 fully saturated rings. The summed E-state index contributed by atoms with van der Waals surface area (Å²) < 4.78 is 5.02. The van der Waals surface area contributed by atoms with Gasteiger partial charge < -0.3 is 20.5 Å². The molecule has 1 aromatic rings. The number of carbonyl (C=O) groups is 4. The van der Waals surface area contributed by atoms with Gasteiger partial charge in [-0.25, -0.2) is 9.59 Å². The van der Waals surface area contributed by atoms with E-state index in [9.17, 15) is 19.2 Å². The van der Waals surface area contributed by atoms with Gasteiger partial charge in [-0.15, -0.1) is 0 Å². The second kappa shape index (κ2) is 8.48. The van der Waals surface area contributed by atoms with E-state index in [4.69, 9.17) is 21.4 Å². The fourth-order valence-corrected chi connectivity index (χ4v) is 2.03. The van der Waals surface area contributed by atoms with E-state index in [2.05, 4.69) is 10.6 Å². The van der Waals surface area contributed by atoms with Crippen molar-refractivity contribution in [2.45, 2.75) is 32.8 Å². The number of hydrogen-bond acceptors (Lipinski definition) is 5. The van der Waals surface area contributed by atoms with Crippen LogP contribution < -0.4 is 10.6 Å². The number of carbonyl (C=O) groups excluding carboxylic acids is 3. The molecular formula is C16H19ClN2O6. The van der Waals surface area contributed by atoms with E-state index in [-0.39, 0.29) is 29.2 Å². The standard InChI is InChI=1S/C16H19ClN2O6/c1-16(2,3)25-15(24)18-8-7-11(20)19-10-6-4-5-9(17)12(10)13(21)14(22)23/h4-6H,7-8H2,1-3H3,(H,18,24)(H,19,20)(H,22,23). The first-order chi connectivity index (χ1) is 11.5. The molecule has 0 aromatic heterocycles. The lowest BCUT2D eigenvalue weighted by atomic mass is 10.1. The van der Waals surface area contributed by atoms with Crippen LogP contribution in [-0.2, 0) is 14.3 Å². The lowest BCUT2D eigenvalue weighted by Gasteiger charge is -2.19. The van der Waals surface area contributed by atoms with Crippen molar-refractivity contribution in [1.82, 2.24) is 5.32 Å². The molecule has 0 unspecified atom stereocenters. The number of halogens is 1. The molecule has 0 saturated heterocycles. The van der Waals surface area contributed by atoms with E-state index in [1.165, 1.54) is 18.2 Å². The van der Waals surface area contributed by atoms with Crippen LogP contribution in [0.5, 0.6) is 0 Å². The summed E-state index contributed by atoms with van der Waals surface area (Å²) in [6.45, 7) is 5.13. The highest BCUT2D eigenvalue weighted by Crippen LogP contribution is 2.25. The number of carboxylic acids is 1. The highest BCUT2D eigenvalue weighted by Gasteiger charge is 2.23. The van der Waals surface area contributed by atoms with Crippen LogP contribution in [-0.4, -0.2) is 41.0 Å². The number of anilines is 1. The minimum atomic E-state index is -1.69. The summed E-state index contributed by atoms with van der Waals surface area (Å²) in [5.41, 5.74) is -0.966. The summed E-state index contributed by atoms with van der Waals surface area (Å²) in [5.74, 6) is -3.44. The number of carboxylic acid groups (broad SMARTS) is 1. The number of ether oxygens (including phenoxy) is 1. The third-order valence-corrected chi connectivity index (χ3v) is 3.04. The van der Waals surface area contributed by atoms with Crippen LogP contribution >= 0.6 is 11.6 Å². The van der Waals surface area contributed by atoms with E-state index in [1.807, 2.05) is 0 Å². The van der Waals surface area contributed by atoms with Gasteiger partial charge in [-0.05, 0) is 32.9 Å². The zero-order valence-electron chi connectivity index (χ0n) is 14.0. The second-order valence-corrected chi connectivity index (χ2v) is 6.43. The minimum Gasteiger partial charge on any atom is -0.475 e. The molecule has 1 rings (SSSR count). The van der Waals surface area contributed by atoms with E-state index in [0.29, 0.717) is 0 Å². The number of benzene rings is 1. The lowest BCUT2D eigenvalue weighted by Crippen LogP contribution is -2.34. The Hall–Kier alpha value is -2.61. The van der Waals surface area contributed by atoms with Crippen LogP contribution in [0.2, 0.25) is 5.02 Å². The quantitative estimate of drug-likeness (QED) is 0.522. The summed E-state index contributed by atoms with van der Waals surface area (Å²) in [6, 6.07) is 4.17. The maximum absolute atomic E-state index is 11.9. The molecule has 25 heavy (non-hydrogen) atoms. The van der Waals surface area contributed by atoms with Crippen LogP contribution in [0.1, 0.15) is 37.6 Å². The molecule has 0 heterocycles. The maximum Gasteiger partial charge on any atom is 0.407 e. The van der Waals surface area contributed by atoms with Gasteiger partial charge in [0.2, 0.25) is 5.91 Å². The van der Waals surface area contributed by atoms with Crippen molar-refractivity contribution in [3.8, 4) is 0 Å². The Morgan fingerprint density at radius 2 is 1.84 bits per heavy atom. The Kier molecular flexibility index (Phi) is 6.93. The number of hydrogen-bond donors (Lipinski definition) is 3. The molecule has 9 heteroatoms. The molecule has 1 aromatic carbocycles. The van der Waals surface area contributed by atoms with Gasteiger partial charge in [0.1, 0.15) is 5.60 Å². The fourth-order valence-electron chi connectivity index (χ4n) is 1.77. The SMILES string of the molecule is CC(C)(C)OC(=O)NCCC(=O)Nc1cccc(Cl)c1C(=O)C(=O)O. The first-order valence-corrected chi connectivity index (χ1v) is 7.72. The number of Topliss-reactive ketones (excluding diaryl/α,β-unsaturated/α-hetero) is 1. The molecular weight excluding hydrogens is 352 g/mol. The Morgan fingerprint density at radius 3 is 2.40 bits per heavy atom. The van der Waals surface area contributed by atoms with Crippen LogP contribution in [0, 0.1) is 0 Å². The molecule has 0 aliphatic heterocycles. The molecule has 0 saturated carbocycles. The van der Waals surface area contributed by atoms with E-state index < -0.39 is 29.4 Å². The molecule has 3 N–H and O–H groups in total. The highest BCUT2D eigenvalue weighted by molar-refractivity contribution is 6.46. The van der Waals surface area contributed by atoms with Gasteiger partial charge in [-0.2, -0.15) is 0 Å². The van der Waals surface area contributed by atoms with Gasteiger partial charge in [-0.3, -0.25) is 9.59 Å². The Morgan fingerprint density at radius 1 is 1.20 bits per heavy atom. The summed E-state index contributed by atoms with van der Waals surface area (Å²) >= 11 is 5.85. The first-order valence-electron chi connectivity index (χ1n) is 7.34. The van der Waals surface area contributed by atoms with Gasteiger partial charge in [0, 0.05) is 13.0 Å². The van der Waals surface area contributed by atoms with Crippen LogP contribution in [0.15, 0.2) is 18.2 Å². The predicted octanol–water partition coefficient (Wildman–Crippen LogP) is 2.46. The van der Waals surface area contributed by atoms with Crippen LogP contribution in [0.3, 0.4) is 0 Å². The Labute approximate surface area is 149 Å². The molecule has 0 aliphatic carbocycles. The number of ketones is 1. The van der Waals surface area contributed by atoms with Crippen molar-refractivity contribution in [3.05, 3.63) is 28.8 Å². The molecule has 0 spiro atoms. The van der Waals surface area contributed by atoms with Gasteiger partial charge in [0.05, 0.1) is 16.3 Å². The second-order valence-electron chi connectivity index (χ2n) is 6.02. The van der Waals surface area contributed by atoms with Crippen molar-refractivity contribution >= 4 is 41.0 Å². The number of rotatable bonds is 6. The maximum atomic E-state index is 11.9. The third-order valence-electron chi connectivity index (χ3n) is 2.73. The first kappa shape index (κ1) is 20.4. The Bertz CT molecular complexity index is 696. The number of amides is 2. The van der Waals surface area contributed by atoms with Crippen molar-refractivity contribution in [1.29, 1.82) is 0 Å². The molecule has 2 amide bonds. The molecule has 8 nitrogen and oxygen atoms in total. The monoisotopic (exact) mass is 370 g/mol. The third kappa shape index (κ3) is 6.80. The fraction of sp³-hybridized carbons (Fsp3) is 0.375. The highest BCUT2D eigenvalue weighted by atomic mass is 35.5. The summed E-state index contributed by atoms with van der Waals surface area (Å²) in [5, 5.41) is 13.6. The normalized spacial score (nSPS) is 10.7. The smallest absolute Gasteiger partial charge is 0.407 e. The minimum absolute atomic E-state index is 0.00349. The number of aliphatic carboxylic acids is 1. The topological polar surface area (TPSA) is 122 Å². The molecule has 136 valence electrons. The van der Waals surface area contributed by atoms with E-state index >= 15 is 0 Å². The predicted molar refractivity (Wildman–Crippen MR) is 90.9 cm³/mol. The van der Waals surface area contributed by atoms with Crippen molar-refractivity contribution in [2.24, 2.45) is 0 Å². The molecule has 0 radical (unpaired) electrons. The van der Waals surface area contributed by atoms with Crippen molar-refractivity contribution in [2.75, 3.05) is 11.9 Å². The average Bonchev–Trinajstić information content (AvgIpc) is 2.44. The van der Waals surface area contributed by atoms with Crippen molar-refractivity contribution in [3.63, 3.8) is 0 Å². The van der Waals surface area contributed by atoms with Gasteiger partial charge in [0.15, 0.2) is 0 Å². The number of alkyl carbamates (subject to hydrolysis) is 1.